The van der Waals surface area contributed by atoms with Gasteiger partial charge in [-0.15, -0.1) is 0 Å². The zero-order valence-electron chi connectivity index (χ0n) is 10.8. The zero-order chi connectivity index (χ0) is 12.6. The van der Waals surface area contributed by atoms with E-state index in [2.05, 4.69) is 13.8 Å². The normalized spacial score (nSPS) is 24.9. The molecular weight excluding hydrogens is 232 g/mol. The minimum Gasteiger partial charge on any atom is -0.388 e. The predicted octanol–water partition coefficient (Wildman–Crippen LogP) is 4.51. The molecule has 1 aliphatic rings. The third-order valence-electron chi connectivity index (χ3n) is 4.26. The van der Waals surface area contributed by atoms with Gasteiger partial charge in [-0.25, -0.2) is 0 Å². The van der Waals surface area contributed by atoms with Crippen LogP contribution in [0.25, 0.3) is 0 Å². The minimum atomic E-state index is -0.384. The van der Waals surface area contributed by atoms with Crippen LogP contribution in [0.4, 0.5) is 0 Å². The van der Waals surface area contributed by atoms with Crippen LogP contribution < -0.4 is 0 Å². The molecule has 17 heavy (non-hydrogen) atoms. The van der Waals surface area contributed by atoms with E-state index in [-0.39, 0.29) is 11.5 Å². The van der Waals surface area contributed by atoms with Gasteiger partial charge < -0.3 is 5.11 Å². The number of aryl methyl sites for hydroxylation is 1. The van der Waals surface area contributed by atoms with Crippen LogP contribution in [0.2, 0.25) is 5.02 Å². The highest BCUT2D eigenvalue weighted by Gasteiger charge is 2.39. The highest BCUT2D eigenvalue weighted by atomic mass is 35.5. The molecule has 2 heteroatoms. The van der Waals surface area contributed by atoms with Gasteiger partial charge in [-0.3, -0.25) is 0 Å². The van der Waals surface area contributed by atoms with E-state index < -0.39 is 0 Å². The van der Waals surface area contributed by atoms with Crippen molar-refractivity contribution in [3.8, 4) is 0 Å². The molecule has 2 atom stereocenters. The van der Waals surface area contributed by atoms with Crippen LogP contribution in [-0.4, -0.2) is 5.11 Å². The van der Waals surface area contributed by atoms with Crippen molar-refractivity contribution in [1.82, 2.24) is 0 Å². The molecular formula is C15H21ClO. The molecule has 0 spiro atoms. The van der Waals surface area contributed by atoms with Crippen LogP contribution in [0.3, 0.4) is 0 Å². The van der Waals surface area contributed by atoms with Crippen molar-refractivity contribution in [3.63, 3.8) is 0 Å². The number of benzene rings is 1. The Bertz CT molecular complexity index is 411. The Morgan fingerprint density at radius 2 is 2.12 bits per heavy atom. The van der Waals surface area contributed by atoms with Crippen LogP contribution in [-0.2, 0) is 0 Å². The number of hydrogen-bond donors (Lipinski definition) is 1. The Morgan fingerprint density at radius 1 is 1.41 bits per heavy atom. The van der Waals surface area contributed by atoms with Gasteiger partial charge in [0, 0.05) is 5.02 Å². The van der Waals surface area contributed by atoms with Gasteiger partial charge in [0.2, 0.25) is 0 Å². The SMILES string of the molecule is Cc1ccc(C(O)C2CCCC2(C)C)cc1Cl. The summed E-state index contributed by atoms with van der Waals surface area (Å²) in [7, 11) is 0. The summed E-state index contributed by atoms with van der Waals surface area (Å²) >= 11 is 6.12. The van der Waals surface area contributed by atoms with Crippen molar-refractivity contribution >= 4 is 11.6 Å². The van der Waals surface area contributed by atoms with Gasteiger partial charge in [-0.05, 0) is 48.3 Å². The fourth-order valence-electron chi connectivity index (χ4n) is 2.96. The van der Waals surface area contributed by atoms with E-state index in [0.717, 1.165) is 22.6 Å². The molecule has 1 nitrogen and oxygen atoms in total. The molecule has 0 aromatic heterocycles. The molecule has 1 aromatic rings. The first-order chi connectivity index (χ1) is 7.92. The molecule has 94 valence electrons. The summed E-state index contributed by atoms with van der Waals surface area (Å²) in [6.07, 6.45) is 3.15. The number of hydrogen-bond acceptors (Lipinski definition) is 1. The number of rotatable bonds is 2. The molecule has 1 saturated carbocycles. The first kappa shape index (κ1) is 12.9. The lowest BCUT2D eigenvalue weighted by atomic mass is 9.77. The highest BCUT2D eigenvalue weighted by Crippen LogP contribution is 2.48. The molecule has 0 bridgehead atoms. The standard InChI is InChI=1S/C15H21ClO/c1-10-6-7-11(9-13(10)16)14(17)12-5-4-8-15(12,2)3/h6-7,9,12,14,17H,4-5,8H2,1-3H3. The van der Waals surface area contributed by atoms with Crippen molar-refractivity contribution in [2.45, 2.75) is 46.1 Å². The molecule has 2 rings (SSSR count). The van der Waals surface area contributed by atoms with Crippen molar-refractivity contribution in [1.29, 1.82) is 0 Å². The Morgan fingerprint density at radius 3 is 2.65 bits per heavy atom. The largest absolute Gasteiger partial charge is 0.388 e. The predicted molar refractivity (Wildman–Crippen MR) is 72.3 cm³/mol. The van der Waals surface area contributed by atoms with E-state index in [1.54, 1.807) is 0 Å². The molecule has 2 unspecified atom stereocenters. The first-order valence-electron chi connectivity index (χ1n) is 6.36. The summed E-state index contributed by atoms with van der Waals surface area (Å²) in [6.45, 7) is 6.49. The van der Waals surface area contributed by atoms with Crippen molar-refractivity contribution in [2.24, 2.45) is 11.3 Å². The lowest BCUT2D eigenvalue weighted by Crippen LogP contribution is -2.24. The van der Waals surface area contributed by atoms with Crippen LogP contribution in [0.15, 0.2) is 18.2 Å². The molecule has 0 heterocycles. The molecule has 1 N–H and O–H groups in total. The van der Waals surface area contributed by atoms with Gasteiger partial charge >= 0.3 is 0 Å². The number of aliphatic hydroxyl groups is 1. The Kier molecular flexibility index (Phi) is 3.51. The van der Waals surface area contributed by atoms with Crippen molar-refractivity contribution in [3.05, 3.63) is 34.3 Å². The summed E-state index contributed by atoms with van der Waals surface area (Å²) < 4.78 is 0. The summed E-state index contributed by atoms with van der Waals surface area (Å²) in [4.78, 5) is 0. The van der Waals surface area contributed by atoms with Crippen LogP contribution in [0, 0.1) is 18.3 Å². The second-order valence-corrected chi connectivity index (χ2v) is 6.35. The average molecular weight is 253 g/mol. The summed E-state index contributed by atoms with van der Waals surface area (Å²) in [5.41, 5.74) is 2.26. The van der Waals surface area contributed by atoms with Gasteiger partial charge in [0.25, 0.3) is 0 Å². The molecule has 1 aliphatic carbocycles. The number of halogens is 1. The average Bonchev–Trinajstić information content (AvgIpc) is 2.61. The van der Waals surface area contributed by atoms with E-state index in [1.807, 2.05) is 25.1 Å². The van der Waals surface area contributed by atoms with Crippen LogP contribution in [0.5, 0.6) is 0 Å². The van der Waals surface area contributed by atoms with Gasteiger partial charge in [0.05, 0.1) is 6.10 Å². The maximum absolute atomic E-state index is 10.5. The minimum absolute atomic E-state index is 0.233. The monoisotopic (exact) mass is 252 g/mol. The molecule has 0 saturated heterocycles. The van der Waals surface area contributed by atoms with E-state index in [4.69, 9.17) is 11.6 Å². The smallest absolute Gasteiger partial charge is 0.0823 e. The Balaban J connectivity index is 2.25. The molecule has 0 amide bonds. The van der Waals surface area contributed by atoms with Crippen molar-refractivity contribution < 1.29 is 5.11 Å². The van der Waals surface area contributed by atoms with Gasteiger partial charge in [-0.2, -0.15) is 0 Å². The topological polar surface area (TPSA) is 20.2 Å². The zero-order valence-corrected chi connectivity index (χ0v) is 11.6. The molecule has 0 radical (unpaired) electrons. The third-order valence-corrected chi connectivity index (χ3v) is 4.67. The summed E-state index contributed by atoms with van der Waals surface area (Å²) in [5, 5.41) is 11.3. The third kappa shape index (κ3) is 2.51. The lowest BCUT2D eigenvalue weighted by molar-refractivity contribution is 0.0531. The molecule has 1 fully saturated rings. The maximum atomic E-state index is 10.5. The van der Waals surface area contributed by atoms with Crippen LogP contribution in [0.1, 0.15) is 50.3 Å². The lowest BCUT2D eigenvalue weighted by Gasteiger charge is -2.31. The fourth-order valence-corrected chi connectivity index (χ4v) is 3.15. The quantitative estimate of drug-likeness (QED) is 0.821. The van der Waals surface area contributed by atoms with Gasteiger partial charge in [0.1, 0.15) is 0 Å². The van der Waals surface area contributed by atoms with E-state index in [0.29, 0.717) is 5.92 Å². The second kappa shape index (κ2) is 4.62. The van der Waals surface area contributed by atoms with Gasteiger partial charge in [-0.1, -0.05) is 44.0 Å². The van der Waals surface area contributed by atoms with E-state index in [9.17, 15) is 5.11 Å². The van der Waals surface area contributed by atoms with E-state index in [1.165, 1.54) is 12.8 Å². The Labute approximate surface area is 109 Å². The maximum Gasteiger partial charge on any atom is 0.0823 e. The summed E-state index contributed by atoms with van der Waals surface area (Å²) in [5.74, 6) is 0.348. The van der Waals surface area contributed by atoms with Gasteiger partial charge in [0.15, 0.2) is 0 Å². The Hall–Kier alpha value is -0.530. The summed E-state index contributed by atoms with van der Waals surface area (Å²) in [6, 6.07) is 5.90. The fraction of sp³-hybridized carbons (Fsp3) is 0.600. The second-order valence-electron chi connectivity index (χ2n) is 5.94. The number of aliphatic hydroxyl groups excluding tert-OH is 1. The van der Waals surface area contributed by atoms with Crippen LogP contribution >= 0.6 is 11.6 Å². The van der Waals surface area contributed by atoms with Crippen molar-refractivity contribution in [2.75, 3.05) is 0 Å². The highest BCUT2D eigenvalue weighted by molar-refractivity contribution is 6.31. The molecule has 0 aliphatic heterocycles. The van der Waals surface area contributed by atoms with E-state index >= 15 is 0 Å². The first-order valence-corrected chi connectivity index (χ1v) is 6.74. The molecule has 1 aromatic carbocycles.